The minimum Gasteiger partial charge on any atom is -0.324 e. The molecule has 2 aromatic carbocycles. The molecule has 2 heterocycles. The van der Waals surface area contributed by atoms with Crippen LogP contribution in [0.15, 0.2) is 48.5 Å². The number of hydrogen-bond acceptors (Lipinski definition) is 4. The third-order valence-corrected chi connectivity index (χ3v) is 4.76. The highest BCUT2D eigenvalue weighted by Crippen LogP contribution is 2.37. The van der Waals surface area contributed by atoms with Crippen molar-refractivity contribution in [3.63, 3.8) is 0 Å². The number of para-hydroxylation sites is 1. The lowest BCUT2D eigenvalue weighted by atomic mass is 10.1. The van der Waals surface area contributed by atoms with Crippen LogP contribution in [0.2, 0.25) is 5.02 Å². The minimum absolute atomic E-state index is 0.0602. The molecular weight excluding hydrogens is 351 g/mol. The number of fused-ring (bicyclic) bond motifs is 1. The first-order chi connectivity index (χ1) is 12.5. The Morgan fingerprint density at radius 2 is 1.96 bits per heavy atom. The zero-order valence-corrected chi connectivity index (χ0v) is 15.3. The summed E-state index contributed by atoms with van der Waals surface area (Å²) in [5, 5.41) is 3.18. The quantitative estimate of drug-likeness (QED) is 0.671. The summed E-state index contributed by atoms with van der Waals surface area (Å²) in [5.41, 5.74) is 3.98. The second kappa shape index (κ2) is 6.57. The molecule has 6 heteroatoms. The molecule has 4 nitrogen and oxygen atoms in total. The van der Waals surface area contributed by atoms with E-state index < -0.39 is 5.82 Å². The molecule has 1 atom stereocenters. The number of aromatic nitrogens is 2. The molecule has 1 N–H and O–H groups in total. The van der Waals surface area contributed by atoms with E-state index in [1.54, 1.807) is 6.07 Å². The Balaban J connectivity index is 1.70. The Bertz CT molecular complexity index is 976. The molecule has 1 aliphatic rings. The van der Waals surface area contributed by atoms with Gasteiger partial charge in [-0.2, -0.15) is 4.98 Å². The molecule has 0 aliphatic carbocycles. The van der Waals surface area contributed by atoms with E-state index in [1.165, 1.54) is 23.4 Å². The number of nitrogens with one attached hydrogen (secondary N) is 1. The summed E-state index contributed by atoms with van der Waals surface area (Å²) in [4.78, 5) is 11.4. The molecule has 26 heavy (non-hydrogen) atoms. The van der Waals surface area contributed by atoms with Crippen molar-refractivity contribution in [2.24, 2.45) is 0 Å². The van der Waals surface area contributed by atoms with E-state index in [0.717, 1.165) is 17.9 Å². The zero-order chi connectivity index (χ0) is 18.3. The molecule has 0 bridgehead atoms. The van der Waals surface area contributed by atoms with Gasteiger partial charge in [-0.3, -0.25) is 0 Å². The maximum Gasteiger partial charge on any atom is 0.229 e. The van der Waals surface area contributed by atoms with Crippen molar-refractivity contribution >= 4 is 34.7 Å². The Morgan fingerprint density at radius 1 is 1.15 bits per heavy atom. The highest BCUT2D eigenvalue weighted by atomic mass is 35.5. The van der Waals surface area contributed by atoms with Crippen molar-refractivity contribution in [1.82, 2.24) is 9.97 Å². The average molecular weight is 369 g/mol. The summed E-state index contributed by atoms with van der Waals surface area (Å²) in [6, 6.07) is 15.1. The van der Waals surface area contributed by atoms with E-state index in [2.05, 4.69) is 45.3 Å². The molecule has 1 unspecified atom stereocenters. The molecule has 0 saturated heterocycles. The lowest BCUT2D eigenvalue weighted by molar-refractivity contribution is 0.628. The van der Waals surface area contributed by atoms with Crippen molar-refractivity contribution < 1.29 is 4.39 Å². The second-order valence-electron chi connectivity index (χ2n) is 6.50. The zero-order valence-electron chi connectivity index (χ0n) is 14.5. The van der Waals surface area contributed by atoms with Gasteiger partial charge in [-0.15, -0.1) is 0 Å². The van der Waals surface area contributed by atoms with Gasteiger partial charge in [0.15, 0.2) is 0 Å². The lowest BCUT2D eigenvalue weighted by Gasteiger charge is -2.24. The molecular formula is C20H18ClFN4. The van der Waals surface area contributed by atoms with E-state index >= 15 is 0 Å². The maximum atomic E-state index is 13.4. The molecule has 132 valence electrons. The van der Waals surface area contributed by atoms with Crippen LogP contribution in [0.25, 0.3) is 0 Å². The Morgan fingerprint density at radius 3 is 2.77 bits per heavy atom. The summed E-state index contributed by atoms with van der Waals surface area (Å²) in [5.74, 6) is 0.843. The van der Waals surface area contributed by atoms with Gasteiger partial charge in [-0.1, -0.05) is 29.8 Å². The van der Waals surface area contributed by atoms with E-state index in [4.69, 9.17) is 11.6 Å². The normalized spacial score (nSPS) is 15.8. The molecule has 3 aromatic rings. The fraction of sp³-hybridized carbons (Fsp3) is 0.200. The molecule has 1 aromatic heterocycles. The van der Waals surface area contributed by atoms with Crippen LogP contribution < -0.4 is 10.2 Å². The monoisotopic (exact) mass is 368 g/mol. The van der Waals surface area contributed by atoms with Gasteiger partial charge in [0, 0.05) is 29.2 Å². The summed E-state index contributed by atoms with van der Waals surface area (Å²) < 4.78 is 13.4. The first-order valence-corrected chi connectivity index (χ1v) is 8.84. The van der Waals surface area contributed by atoms with Crippen molar-refractivity contribution in [1.29, 1.82) is 0 Å². The Hall–Kier alpha value is -2.66. The number of hydrogen-bond donors (Lipinski definition) is 1. The fourth-order valence-electron chi connectivity index (χ4n) is 3.35. The highest BCUT2D eigenvalue weighted by Gasteiger charge is 2.28. The predicted molar refractivity (Wildman–Crippen MR) is 103 cm³/mol. The Labute approximate surface area is 156 Å². The van der Waals surface area contributed by atoms with Gasteiger partial charge in [-0.05, 0) is 50.1 Å². The van der Waals surface area contributed by atoms with Crippen LogP contribution in [-0.2, 0) is 6.42 Å². The summed E-state index contributed by atoms with van der Waals surface area (Å²) in [6.07, 6.45) is 0.982. The van der Waals surface area contributed by atoms with Gasteiger partial charge >= 0.3 is 0 Å². The fourth-order valence-corrected chi connectivity index (χ4v) is 3.53. The molecule has 0 saturated carbocycles. The van der Waals surface area contributed by atoms with Crippen molar-refractivity contribution in [2.45, 2.75) is 26.3 Å². The van der Waals surface area contributed by atoms with Gasteiger partial charge in [0.05, 0.1) is 5.02 Å². The van der Waals surface area contributed by atoms with Crippen LogP contribution >= 0.6 is 11.6 Å². The van der Waals surface area contributed by atoms with Crippen molar-refractivity contribution in [3.05, 3.63) is 70.6 Å². The van der Waals surface area contributed by atoms with E-state index in [-0.39, 0.29) is 5.02 Å². The third kappa shape index (κ3) is 3.10. The molecule has 0 amide bonds. The van der Waals surface area contributed by atoms with Crippen LogP contribution in [0.5, 0.6) is 0 Å². The standard InChI is InChI=1S/C20H18ClFN4/c1-12-9-19(26-13(2)10-14-5-3-4-6-18(14)26)25-20(23-12)24-15-7-8-17(22)16(21)11-15/h3-9,11,13H,10H2,1-2H3,(H,23,24,25). The maximum absolute atomic E-state index is 13.4. The second-order valence-corrected chi connectivity index (χ2v) is 6.90. The SMILES string of the molecule is Cc1cc(N2c3ccccc3CC2C)nc(Nc2ccc(F)c(Cl)c2)n1. The van der Waals surface area contributed by atoms with Crippen LogP contribution in [0, 0.1) is 12.7 Å². The molecule has 0 fully saturated rings. The smallest absolute Gasteiger partial charge is 0.229 e. The van der Waals surface area contributed by atoms with Gasteiger partial charge in [0.1, 0.15) is 11.6 Å². The van der Waals surface area contributed by atoms with Gasteiger partial charge < -0.3 is 10.2 Å². The number of nitrogens with zero attached hydrogens (tertiary/aromatic N) is 3. The Kier molecular flexibility index (Phi) is 4.24. The van der Waals surface area contributed by atoms with E-state index in [0.29, 0.717) is 17.7 Å². The van der Waals surface area contributed by atoms with Crippen LogP contribution in [0.3, 0.4) is 0 Å². The average Bonchev–Trinajstić information content (AvgIpc) is 2.93. The third-order valence-electron chi connectivity index (χ3n) is 4.47. The molecule has 4 rings (SSSR count). The van der Waals surface area contributed by atoms with Gasteiger partial charge in [-0.25, -0.2) is 9.37 Å². The summed E-state index contributed by atoms with van der Waals surface area (Å²) in [7, 11) is 0. The highest BCUT2D eigenvalue weighted by molar-refractivity contribution is 6.31. The topological polar surface area (TPSA) is 41.1 Å². The first-order valence-electron chi connectivity index (χ1n) is 8.46. The largest absolute Gasteiger partial charge is 0.324 e. The summed E-state index contributed by atoms with van der Waals surface area (Å²) >= 11 is 5.86. The molecule has 0 spiro atoms. The van der Waals surface area contributed by atoms with Crippen LogP contribution in [0.4, 0.5) is 27.5 Å². The number of rotatable bonds is 3. The lowest BCUT2D eigenvalue weighted by Crippen LogP contribution is -2.25. The van der Waals surface area contributed by atoms with Crippen molar-refractivity contribution in [2.75, 3.05) is 10.2 Å². The number of halogens is 2. The number of aryl methyl sites for hydroxylation is 1. The number of anilines is 4. The first kappa shape index (κ1) is 16.8. The van der Waals surface area contributed by atoms with E-state index in [9.17, 15) is 4.39 Å². The predicted octanol–water partition coefficient (Wildman–Crippen LogP) is 5.40. The van der Waals surface area contributed by atoms with E-state index in [1.807, 2.05) is 19.1 Å². The van der Waals surface area contributed by atoms with Crippen LogP contribution in [-0.4, -0.2) is 16.0 Å². The van der Waals surface area contributed by atoms with Crippen molar-refractivity contribution in [3.8, 4) is 0 Å². The van der Waals surface area contributed by atoms with Gasteiger partial charge in [0.2, 0.25) is 5.95 Å². The minimum atomic E-state index is -0.453. The molecule has 0 radical (unpaired) electrons. The van der Waals surface area contributed by atoms with Gasteiger partial charge in [0.25, 0.3) is 0 Å². The number of benzene rings is 2. The van der Waals surface area contributed by atoms with Crippen LogP contribution in [0.1, 0.15) is 18.2 Å². The molecule has 1 aliphatic heterocycles. The summed E-state index contributed by atoms with van der Waals surface area (Å²) in [6.45, 7) is 4.12.